The number of carbonyl (C=O) groups is 1. The number of fused-ring (bicyclic) bond motifs is 8. The number of aliphatic hydroxyl groups is 4. The minimum absolute atomic E-state index is 0.0189. The fourth-order valence-electron chi connectivity index (χ4n) is 12.3. The number of rotatable bonds is 8. The average molecular weight is 685 g/mol. The highest BCUT2D eigenvalue weighted by molar-refractivity contribution is 5.95. The van der Waals surface area contributed by atoms with Crippen molar-refractivity contribution in [3.63, 3.8) is 0 Å². The molecular weight excluding hydrogens is 624 g/mol. The van der Waals surface area contributed by atoms with E-state index >= 15 is 0 Å². The average Bonchev–Trinajstić information content (AvgIpc) is 3.55. The Kier molecular flexibility index (Phi) is 9.49. The second-order valence-corrected chi connectivity index (χ2v) is 17.3. The molecule has 6 N–H and O–H groups in total. The number of hydrogen-bond donors (Lipinski definition) is 6. The van der Waals surface area contributed by atoms with Crippen LogP contribution in [0.1, 0.15) is 91.4 Å². The van der Waals surface area contributed by atoms with Crippen molar-refractivity contribution in [2.45, 2.75) is 139 Å². The normalized spacial score (nSPS) is 51.7. The summed E-state index contributed by atoms with van der Waals surface area (Å²) in [4.78, 5) is 14.1. The van der Waals surface area contributed by atoms with E-state index in [0.29, 0.717) is 45.3 Å². The van der Waals surface area contributed by atoms with Gasteiger partial charge in [0.05, 0.1) is 23.2 Å². The third kappa shape index (κ3) is 5.20. The molecule has 2 heterocycles. The van der Waals surface area contributed by atoms with Gasteiger partial charge in [-0.05, 0) is 120 Å². The zero-order chi connectivity index (χ0) is 35.0. The van der Waals surface area contributed by atoms with E-state index in [1.807, 2.05) is 14.0 Å². The van der Waals surface area contributed by atoms with E-state index in [2.05, 4.69) is 29.4 Å². The number of ether oxygens (including phenoxy) is 3. The summed E-state index contributed by atoms with van der Waals surface area (Å²) < 4.78 is 17.9. The molecule has 2 saturated heterocycles. The number of methoxy groups -OCH3 is 1. The Morgan fingerprint density at radius 2 is 1.84 bits per heavy atom. The van der Waals surface area contributed by atoms with Crippen molar-refractivity contribution in [2.24, 2.45) is 39.9 Å². The zero-order valence-electron chi connectivity index (χ0n) is 30.2. The van der Waals surface area contributed by atoms with Gasteiger partial charge < -0.3 is 40.0 Å². The molecule has 0 aromatic carbocycles. The largest absolute Gasteiger partial charge is 0.387 e. The molecule has 5 fully saturated rings. The topological polar surface area (TPSA) is 150 Å². The maximum Gasteiger partial charge on any atom is 0.159 e. The standard InChI is InChI=1S/C39H60N2O8/c1-35-13-9-24(48-19-7-18-47-5)21-29(35)30(42)22-28-27(35)10-14-36(2)38(15-16-39(28,36)46)12-6-8-23-20-26-25(11-17-40-4)31(33(43)37(38,3)45)49-32(26)34(44)41-23/h22-27,29,31-34,40-41,43-46H,7-11,13-21H2,1-5H3. The van der Waals surface area contributed by atoms with E-state index in [1.165, 1.54) is 0 Å². The summed E-state index contributed by atoms with van der Waals surface area (Å²) in [7, 11) is 3.59. The molecule has 7 rings (SSSR count). The summed E-state index contributed by atoms with van der Waals surface area (Å²) in [5, 5.41) is 56.0. The van der Waals surface area contributed by atoms with Gasteiger partial charge >= 0.3 is 0 Å². The van der Waals surface area contributed by atoms with Crippen LogP contribution in [0.5, 0.6) is 0 Å². The number of nitrogens with one attached hydrogen (secondary N) is 2. The Balaban J connectivity index is 1.24. The Labute approximate surface area is 292 Å². The van der Waals surface area contributed by atoms with E-state index in [0.717, 1.165) is 50.6 Å². The minimum Gasteiger partial charge on any atom is -0.387 e. The second-order valence-electron chi connectivity index (χ2n) is 17.3. The lowest BCUT2D eigenvalue weighted by Gasteiger charge is -2.62. The second kappa shape index (κ2) is 12.9. The maximum atomic E-state index is 14.1. The molecule has 0 amide bonds. The van der Waals surface area contributed by atoms with Gasteiger partial charge in [0.1, 0.15) is 24.0 Å². The van der Waals surface area contributed by atoms with Gasteiger partial charge in [-0.15, -0.1) is 5.92 Å². The maximum absolute atomic E-state index is 14.1. The van der Waals surface area contributed by atoms with Crippen LogP contribution in [-0.2, 0) is 19.0 Å². The van der Waals surface area contributed by atoms with Crippen LogP contribution in [0.2, 0.25) is 0 Å². The molecule has 10 nitrogen and oxygen atoms in total. The molecule has 5 aliphatic carbocycles. The third-order valence-electron chi connectivity index (χ3n) is 15.2. The van der Waals surface area contributed by atoms with Crippen molar-refractivity contribution in [3.05, 3.63) is 11.6 Å². The van der Waals surface area contributed by atoms with Gasteiger partial charge in [-0.25, -0.2) is 0 Å². The Hall–Kier alpha value is -1.39. The van der Waals surface area contributed by atoms with Crippen molar-refractivity contribution in [1.29, 1.82) is 0 Å². The molecule has 0 aromatic heterocycles. The van der Waals surface area contributed by atoms with Gasteiger partial charge in [-0.2, -0.15) is 0 Å². The molecule has 3 saturated carbocycles. The van der Waals surface area contributed by atoms with E-state index < -0.39 is 46.6 Å². The van der Waals surface area contributed by atoms with E-state index in [-0.39, 0.29) is 47.0 Å². The van der Waals surface area contributed by atoms with Crippen molar-refractivity contribution >= 4 is 5.78 Å². The van der Waals surface area contributed by atoms with Gasteiger partial charge in [0.2, 0.25) is 0 Å². The summed E-state index contributed by atoms with van der Waals surface area (Å²) in [5.41, 5.74) is -4.73. The van der Waals surface area contributed by atoms with E-state index in [4.69, 9.17) is 14.2 Å². The van der Waals surface area contributed by atoms with Gasteiger partial charge in [0.15, 0.2) is 5.78 Å². The first-order valence-corrected chi connectivity index (χ1v) is 19.0. The van der Waals surface area contributed by atoms with Gasteiger partial charge in [0.25, 0.3) is 0 Å². The van der Waals surface area contributed by atoms with Crippen LogP contribution in [0, 0.1) is 51.8 Å². The molecule has 0 radical (unpaired) electrons. The summed E-state index contributed by atoms with van der Waals surface area (Å²) in [6.07, 6.45) is 5.76. The van der Waals surface area contributed by atoms with Crippen LogP contribution in [0.4, 0.5) is 0 Å². The molecule has 274 valence electrons. The van der Waals surface area contributed by atoms with Crippen LogP contribution >= 0.6 is 0 Å². The van der Waals surface area contributed by atoms with Crippen LogP contribution in [0.25, 0.3) is 0 Å². The van der Waals surface area contributed by atoms with Crippen molar-refractivity contribution in [1.82, 2.24) is 10.6 Å². The number of piperidine rings is 1. The number of ketones is 1. The van der Waals surface area contributed by atoms with E-state index in [9.17, 15) is 25.2 Å². The lowest BCUT2D eigenvalue weighted by Crippen LogP contribution is -2.68. The van der Waals surface area contributed by atoms with Crippen LogP contribution in [-0.4, -0.2) is 108 Å². The Morgan fingerprint density at radius 1 is 1.04 bits per heavy atom. The molecule has 15 atom stereocenters. The SMILES string of the molecule is CNCCC1C2CC3CC#CC4(CCC5(O)C6=CC(=O)C7CC(OCCCOC)CCC7(C)C6CCC54C)C(C)(O)C(O)C1OC2C(O)N3. The van der Waals surface area contributed by atoms with Gasteiger partial charge in [-0.1, -0.05) is 19.8 Å². The quantitative estimate of drug-likeness (QED) is 0.166. The number of allylic oxidation sites excluding steroid dienone is 1. The number of hydrogen-bond acceptors (Lipinski definition) is 10. The Morgan fingerprint density at radius 3 is 2.59 bits per heavy atom. The predicted molar refractivity (Wildman–Crippen MR) is 183 cm³/mol. The highest BCUT2D eigenvalue weighted by Gasteiger charge is 2.76. The smallest absolute Gasteiger partial charge is 0.159 e. The molecule has 7 aliphatic rings. The Bertz CT molecular complexity index is 1380. The van der Waals surface area contributed by atoms with Gasteiger partial charge in [0, 0.05) is 44.1 Å². The summed E-state index contributed by atoms with van der Waals surface area (Å²) in [6.45, 7) is 7.97. The van der Waals surface area contributed by atoms with Crippen LogP contribution in [0.15, 0.2) is 11.6 Å². The molecule has 1 spiro atoms. The highest BCUT2D eigenvalue weighted by Crippen LogP contribution is 2.73. The first kappa shape index (κ1) is 36.0. The highest BCUT2D eigenvalue weighted by atomic mass is 16.5. The molecule has 0 aromatic rings. The number of carbonyl (C=O) groups excluding carboxylic acids is 1. The summed E-state index contributed by atoms with van der Waals surface area (Å²) >= 11 is 0. The van der Waals surface area contributed by atoms with Crippen molar-refractivity contribution in [3.8, 4) is 11.8 Å². The summed E-state index contributed by atoms with van der Waals surface area (Å²) in [6, 6.07) is -0.0566. The number of aliphatic hydroxyl groups excluding tert-OH is 2. The fraction of sp³-hybridized carbons (Fsp3) is 0.872. The predicted octanol–water partition coefficient (Wildman–Crippen LogP) is 2.46. The minimum atomic E-state index is -1.75. The van der Waals surface area contributed by atoms with Crippen molar-refractivity contribution in [2.75, 3.05) is 33.9 Å². The summed E-state index contributed by atoms with van der Waals surface area (Å²) in [5.74, 6) is 6.86. The van der Waals surface area contributed by atoms with E-state index in [1.54, 1.807) is 20.1 Å². The molecule has 10 heteroatoms. The third-order valence-corrected chi connectivity index (χ3v) is 15.2. The zero-order valence-corrected chi connectivity index (χ0v) is 30.2. The fourth-order valence-corrected chi connectivity index (χ4v) is 12.3. The molecule has 3 bridgehead atoms. The molecule has 49 heavy (non-hydrogen) atoms. The molecule has 15 unspecified atom stereocenters. The van der Waals surface area contributed by atoms with Crippen LogP contribution < -0.4 is 10.6 Å². The molecule has 2 aliphatic heterocycles. The first-order chi connectivity index (χ1) is 23.3. The lowest BCUT2D eigenvalue weighted by atomic mass is 9.43. The van der Waals surface area contributed by atoms with Crippen molar-refractivity contribution < 1.29 is 39.4 Å². The monoisotopic (exact) mass is 684 g/mol. The van der Waals surface area contributed by atoms with Crippen LogP contribution in [0.3, 0.4) is 0 Å². The lowest BCUT2D eigenvalue weighted by molar-refractivity contribution is -0.224. The molecular formula is C39H60N2O8. The first-order valence-electron chi connectivity index (χ1n) is 19.0. The van der Waals surface area contributed by atoms with Gasteiger partial charge in [-0.3, -0.25) is 10.1 Å².